The van der Waals surface area contributed by atoms with Crippen LogP contribution < -0.4 is 5.32 Å². The van der Waals surface area contributed by atoms with Gasteiger partial charge in [0.1, 0.15) is 12.2 Å². The van der Waals surface area contributed by atoms with Gasteiger partial charge in [0.05, 0.1) is 6.54 Å². The Bertz CT molecular complexity index is 438. The molecule has 1 aromatic rings. The number of hydrogen-bond donors (Lipinski definition) is 1. The number of hydrogen-bond acceptors (Lipinski definition) is 4. The van der Waals surface area contributed by atoms with Crippen LogP contribution >= 0.6 is 0 Å². The molecule has 1 saturated carbocycles. The molecule has 1 unspecified atom stereocenters. The Morgan fingerprint density at radius 3 is 2.90 bits per heavy atom. The first-order valence-electron chi connectivity index (χ1n) is 8.56. The van der Waals surface area contributed by atoms with Crippen LogP contribution in [0.1, 0.15) is 51.8 Å². The van der Waals surface area contributed by atoms with Gasteiger partial charge in [-0.3, -0.25) is 4.90 Å². The van der Waals surface area contributed by atoms with E-state index in [-0.39, 0.29) is 0 Å². The van der Waals surface area contributed by atoms with Gasteiger partial charge >= 0.3 is 0 Å². The molecule has 1 aliphatic carbocycles. The van der Waals surface area contributed by atoms with E-state index in [1.165, 1.54) is 38.6 Å². The molecule has 3 rings (SSSR count). The number of likely N-dealkylation sites (tertiary alicyclic amines) is 1. The van der Waals surface area contributed by atoms with Crippen LogP contribution in [0.5, 0.6) is 0 Å². The van der Waals surface area contributed by atoms with Crippen molar-refractivity contribution in [1.29, 1.82) is 0 Å². The number of nitrogens with zero attached hydrogens (tertiary/aromatic N) is 4. The van der Waals surface area contributed by atoms with Crippen molar-refractivity contribution in [3.05, 3.63) is 12.2 Å². The number of aromatic nitrogens is 3. The summed E-state index contributed by atoms with van der Waals surface area (Å²) in [5, 5.41) is 8.09. The van der Waals surface area contributed by atoms with E-state index < -0.39 is 0 Å². The zero-order chi connectivity index (χ0) is 14.7. The van der Waals surface area contributed by atoms with Crippen molar-refractivity contribution < 1.29 is 0 Å². The van der Waals surface area contributed by atoms with Crippen LogP contribution in [0, 0.1) is 5.92 Å². The van der Waals surface area contributed by atoms with Gasteiger partial charge in [0.2, 0.25) is 0 Å². The Kier molecular flexibility index (Phi) is 4.91. The fourth-order valence-electron chi connectivity index (χ4n) is 3.18. The second-order valence-corrected chi connectivity index (χ2v) is 7.05. The average Bonchev–Trinajstić information content (AvgIpc) is 3.20. The molecule has 1 aromatic heterocycles. The molecule has 2 fully saturated rings. The van der Waals surface area contributed by atoms with Gasteiger partial charge in [-0.25, -0.2) is 9.67 Å². The molecule has 2 heterocycles. The van der Waals surface area contributed by atoms with Crippen LogP contribution in [0.4, 0.5) is 0 Å². The van der Waals surface area contributed by atoms with Gasteiger partial charge in [0.25, 0.3) is 0 Å². The normalized spacial score (nSPS) is 23.9. The lowest BCUT2D eigenvalue weighted by Crippen LogP contribution is -2.45. The maximum Gasteiger partial charge on any atom is 0.141 e. The standard InChI is InChI=1S/C16H29N5/c1-13(2)10-21-16(18-12-19-21)11-20-8-4-3-5-15(20)9-17-14-6-7-14/h12-15,17H,3-11H2,1-2H3. The molecule has 0 bridgehead atoms. The highest BCUT2D eigenvalue weighted by molar-refractivity contribution is 4.90. The minimum absolute atomic E-state index is 0.610. The SMILES string of the molecule is CC(C)Cn1ncnc1CN1CCCCC1CNC1CC1. The Morgan fingerprint density at radius 1 is 1.29 bits per heavy atom. The van der Waals surface area contributed by atoms with Crippen molar-refractivity contribution in [3.8, 4) is 0 Å². The van der Waals surface area contributed by atoms with Gasteiger partial charge in [-0.1, -0.05) is 20.3 Å². The summed E-state index contributed by atoms with van der Waals surface area (Å²) in [7, 11) is 0. The molecule has 0 radical (unpaired) electrons. The van der Waals surface area contributed by atoms with Crippen molar-refractivity contribution in [2.75, 3.05) is 13.1 Å². The minimum Gasteiger partial charge on any atom is -0.312 e. The molecule has 1 N–H and O–H groups in total. The summed E-state index contributed by atoms with van der Waals surface area (Å²) in [6.07, 6.45) is 8.45. The van der Waals surface area contributed by atoms with Crippen molar-refractivity contribution >= 4 is 0 Å². The maximum absolute atomic E-state index is 4.50. The van der Waals surface area contributed by atoms with E-state index in [1.807, 2.05) is 0 Å². The fourth-order valence-corrected chi connectivity index (χ4v) is 3.18. The van der Waals surface area contributed by atoms with Gasteiger partial charge in [-0.05, 0) is 38.1 Å². The molecule has 0 spiro atoms. The maximum atomic E-state index is 4.50. The molecule has 0 amide bonds. The highest BCUT2D eigenvalue weighted by Crippen LogP contribution is 2.22. The third kappa shape index (κ3) is 4.27. The first-order valence-corrected chi connectivity index (χ1v) is 8.56. The second kappa shape index (κ2) is 6.88. The summed E-state index contributed by atoms with van der Waals surface area (Å²) in [6, 6.07) is 1.47. The summed E-state index contributed by atoms with van der Waals surface area (Å²) in [5.41, 5.74) is 0. The minimum atomic E-state index is 0.610. The van der Waals surface area contributed by atoms with Crippen molar-refractivity contribution in [1.82, 2.24) is 25.0 Å². The molecule has 5 nitrogen and oxygen atoms in total. The number of nitrogens with one attached hydrogen (secondary N) is 1. The summed E-state index contributed by atoms with van der Waals surface area (Å²) in [4.78, 5) is 7.11. The van der Waals surface area contributed by atoms with Crippen LogP contribution in [0.15, 0.2) is 6.33 Å². The van der Waals surface area contributed by atoms with E-state index in [0.717, 1.165) is 31.5 Å². The first kappa shape index (κ1) is 15.0. The fraction of sp³-hybridized carbons (Fsp3) is 0.875. The first-order chi connectivity index (χ1) is 10.2. The van der Waals surface area contributed by atoms with Gasteiger partial charge in [0, 0.05) is 25.2 Å². The molecule has 1 saturated heterocycles. The largest absolute Gasteiger partial charge is 0.312 e. The third-order valence-corrected chi connectivity index (χ3v) is 4.55. The van der Waals surface area contributed by atoms with Crippen LogP contribution in [0.3, 0.4) is 0 Å². The number of piperidine rings is 1. The highest BCUT2D eigenvalue weighted by Gasteiger charge is 2.27. The van der Waals surface area contributed by atoms with E-state index in [1.54, 1.807) is 6.33 Å². The van der Waals surface area contributed by atoms with Crippen LogP contribution in [0.2, 0.25) is 0 Å². The van der Waals surface area contributed by atoms with Crippen LogP contribution in [-0.4, -0.2) is 44.8 Å². The summed E-state index contributed by atoms with van der Waals surface area (Å²) in [6.45, 7) is 8.72. The predicted octanol–water partition coefficient (Wildman–Crippen LogP) is 2.04. The van der Waals surface area contributed by atoms with E-state index >= 15 is 0 Å². The number of rotatable bonds is 7. The smallest absolute Gasteiger partial charge is 0.141 e. The van der Waals surface area contributed by atoms with Crippen molar-refractivity contribution in [2.24, 2.45) is 5.92 Å². The summed E-state index contributed by atoms with van der Waals surface area (Å²) in [5.74, 6) is 1.74. The van der Waals surface area contributed by atoms with Crippen molar-refractivity contribution in [3.63, 3.8) is 0 Å². The van der Waals surface area contributed by atoms with Crippen LogP contribution in [-0.2, 0) is 13.1 Å². The van der Waals surface area contributed by atoms with E-state index in [2.05, 4.69) is 38.8 Å². The van der Waals surface area contributed by atoms with Gasteiger partial charge < -0.3 is 5.32 Å². The van der Waals surface area contributed by atoms with E-state index in [4.69, 9.17) is 0 Å². The molecule has 118 valence electrons. The van der Waals surface area contributed by atoms with Gasteiger partial charge in [-0.2, -0.15) is 5.10 Å². The molecular formula is C16H29N5. The Labute approximate surface area is 128 Å². The lowest BCUT2D eigenvalue weighted by atomic mass is 10.0. The quantitative estimate of drug-likeness (QED) is 0.835. The summed E-state index contributed by atoms with van der Waals surface area (Å²) < 4.78 is 2.09. The lowest BCUT2D eigenvalue weighted by molar-refractivity contribution is 0.131. The zero-order valence-electron chi connectivity index (χ0n) is 13.5. The average molecular weight is 291 g/mol. The van der Waals surface area contributed by atoms with Gasteiger partial charge in [0.15, 0.2) is 0 Å². The molecule has 2 aliphatic rings. The topological polar surface area (TPSA) is 46.0 Å². The second-order valence-electron chi connectivity index (χ2n) is 7.05. The monoisotopic (exact) mass is 291 g/mol. The van der Waals surface area contributed by atoms with E-state index in [9.17, 15) is 0 Å². The Balaban J connectivity index is 1.59. The van der Waals surface area contributed by atoms with Gasteiger partial charge in [-0.15, -0.1) is 0 Å². The molecule has 5 heteroatoms. The highest BCUT2D eigenvalue weighted by atomic mass is 15.4. The third-order valence-electron chi connectivity index (χ3n) is 4.55. The predicted molar refractivity (Wildman–Crippen MR) is 83.9 cm³/mol. The summed E-state index contributed by atoms with van der Waals surface area (Å²) >= 11 is 0. The Hall–Kier alpha value is -0.940. The van der Waals surface area contributed by atoms with Crippen molar-refractivity contribution in [2.45, 2.75) is 71.1 Å². The Morgan fingerprint density at radius 2 is 2.14 bits per heavy atom. The molecular weight excluding hydrogens is 262 g/mol. The molecule has 1 atom stereocenters. The van der Waals surface area contributed by atoms with Crippen LogP contribution in [0.25, 0.3) is 0 Å². The molecule has 21 heavy (non-hydrogen) atoms. The zero-order valence-corrected chi connectivity index (χ0v) is 13.5. The molecule has 1 aliphatic heterocycles. The molecule has 0 aromatic carbocycles. The lowest BCUT2D eigenvalue weighted by Gasteiger charge is -2.35. The van der Waals surface area contributed by atoms with E-state index in [0.29, 0.717) is 12.0 Å².